The van der Waals surface area contributed by atoms with Crippen molar-refractivity contribution in [3.8, 4) is 0 Å². The van der Waals surface area contributed by atoms with Crippen LogP contribution in [0, 0.1) is 5.82 Å². The van der Waals surface area contributed by atoms with Crippen LogP contribution in [-0.4, -0.2) is 11.0 Å². The van der Waals surface area contributed by atoms with Crippen molar-refractivity contribution >= 4 is 17.3 Å². The topological polar surface area (TPSA) is 24.9 Å². The largest absolute Gasteiger partial charge is 0.381 e. The first-order valence-electron chi connectivity index (χ1n) is 5.76. The molecule has 0 saturated carbocycles. The minimum Gasteiger partial charge on any atom is -0.381 e. The maximum absolute atomic E-state index is 13.0. The van der Waals surface area contributed by atoms with Crippen molar-refractivity contribution in [3.05, 3.63) is 59.1 Å². The number of aromatic nitrogens is 1. The van der Waals surface area contributed by atoms with Gasteiger partial charge in [-0.2, -0.15) is 0 Å². The van der Waals surface area contributed by atoms with Crippen molar-refractivity contribution in [2.45, 2.75) is 19.4 Å². The first-order valence-corrected chi connectivity index (χ1v) is 6.14. The molecule has 0 bridgehead atoms. The fraction of sp³-hybridized carbons (Fsp3) is 0.214. The summed E-state index contributed by atoms with van der Waals surface area (Å²) in [5.74, 6) is -0.201. The molecular formula is C14H14ClFN2. The van der Waals surface area contributed by atoms with Gasteiger partial charge >= 0.3 is 0 Å². The predicted molar refractivity (Wildman–Crippen MR) is 72.4 cm³/mol. The number of halogens is 2. The molecule has 4 heteroatoms. The molecule has 0 aliphatic carbocycles. The number of anilines is 1. The van der Waals surface area contributed by atoms with Gasteiger partial charge in [0.1, 0.15) is 11.0 Å². The number of benzene rings is 1. The summed E-state index contributed by atoms with van der Waals surface area (Å²) >= 11 is 5.71. The number of nitrogens with one attached hydrogen (secondary N) is 1. The Morgan fingerprint density at radius 1 is 1.33 bits per heavy atom. The van der Waals surface area contributed by atoms with Crippen LogP contribution in [-0.2, 0) is 6.42 Å². The minimum atomic E-state index is -0.201. The van der Waals surface area contributed by atoms with Crippen LogP contribution in [0.3, 0.4) is 0 Å². The Kier molecular flexibility index (Phi) is 4.15. The normalized spacial score (nSPS) is 12.2. The van der Waals surface area contributed by atoms with E-state index in [1.54, 1.807) is 24.4 Å². The number of hydrogen-bond acceptors (Lipinski definition) is 2. The lowest BCUT2D eigenvalue weighted by atomic mass is 10.1. The van der Waals surface area contributed by atoms with Crippen LogP contribution < -0.4 is 5.32 Å². The van der Waals surface area contributed by atoms with Gasteiger partial charge in [-0.25, -0.2) is 9.37 Å². The van der Waals surface area contributed by atoms with E-state index in [4.69, 9.17) is 11.6 Å². The summed E-state index contributed by atoms with van der Waals surface area (Å²) in [6, 6.07) is 10.4. The van der Waals surface area contributed by atoms with Gasteiger partial charge in [-0.05, 0) is 43.2 Å². The van der Waals surface area contributed by atoms with Crippen LogP contribution in [0.15, 0.2) is 42.6 Å². The summed E-state index contributed by atoms with van der Waals surface area (Å²) < 4.78 is 13.0. The molecule has 1 atom stereocenters. The Morgan fingerprint density at radius 2 is 2.17 bits per heavy atom. The van der Waals surface area contributed by atoms with E-state index in [1.165, 1.54) is 6.07 Å². The summed E-state index contributed by atoms with van der Waals surface area (Å²) in [5.41, 5.74) is 1.88. The van der Waals surface area contributed by atoms with Gasteiger partial charge in [-0.15, -0.1) is 0 Å². The number of nitrogens with zero attached hydrogens (tertiary/aromatic N) is 1. The molecule has 0 saturated heterocycles. The minimum absolute atomic E-state index is 0.190. The van der Waals surface area contributed by atoms with Crippen molar-refractivity contribution in [1.82, 2.24) is 4.98 Å². The predicted octanol–water partition coefficient (Wildman–Crippen LogP) is 3.92. The molecule has 0 aliphatic heterocycles. The van der Waals surface area contributed by atoms with Gasteiger partial charge in [0.15, 0.2) is 0 Å². The highest BCUT2D eigenvalue weighted by molar-refractivity contribution is 6.29. The summed E-state index contributed by atoms with van der Waals surface area (Å²) in [4.78, 5) is 4.00. The fourth-order valence-corrected chi connectivity index (χ4v) is 1.93. The van der Waals surface area contributed by atoms with Crippen molar-refractivity contribution in [3.63, 3.8) is 0 Å². The number of pyridine rings is 1. The zero-order valence-electron chi connectivity index (χ0n) is 10.0. The summed E-state index contributed by atoms with van der Waals surface area (Å²) in [7, 11) is 0. The maximum Gasteiger partial charge on any atom is 0.129 e. The zero-order chi connectivity index (χ0) is 13.0. The molecule has 2 rings (SSSR count). The van der Waals surface area contributed by atoms with E-state index in [-0.39, 0.29) is 11.9 Å². The number of hydrogen-bond donors (Lipinski definition) is 1. The van der Waals surface area contributed by atoms with Gasteiger partial charge in [0, 0.05) is 6.04 Å². The Balaban J connectivity index is 1.96. The molecule has 18 heavy (non-hydrogen) atoms. The molecule has 0 fully saturated rings. The van der Waals surface area contributed by atoms with Crippen LogP contribution in [0.2, 0.25) is 5.15 Å². The van der Waals surface area contributed by atoms with E-state index >= 15 is 0 Å². The molecule has 2 nitrogen and oxygen atoms in total. The Labute approximate surface area is 111 Å². The van der Waals surface area contributed by atoms with Gasteiger partial charge in [-0.1, -0.05) is 23.7 Å². The van der Waals surface area contributed by atoms with Gasteiger partial charge in [0.2, 0.25) is 0 Å². The van der Waals surface area contributed by atoms with Gasteiger partial charge in [-0.3, -0.25) is 0 Å². The quantitative estimate of drug-likeness (QED) is 0.847. The van der Waals surface area contributed by atoms with Crippen LogP contribution in [0.25, 0.3) is 0 Å². The van der Waals surface area contributed by atoms with E-state index in [9.17, 15) is 4.39 Å². The molecule has 1 aromatic carbocycles. The molecule has 0 spiro atoms. The smallest absolute Gasteiger partial charge is 0.129 e. The summed E-state index contributed by atoms with van der Waals surface area (Å²) in [5, 5.41) is 3.76. The number of rotatable bonds is 4. The lowest BCUT2D eigenvalue weighted by Gasteiger charge is -2.15. The lowest BCUT2D eigenvalue weighted by molar-refractivity contribution is 0.624. The second kappa shape index (κ2) is 5.83. The molecule has 2 aromatic rings. The third-order valence-electron chi connectivity index (χ3n) is 2.57. The third-order valence-corrected chi connectivity index (χ3v) is 2.79. The first kappa shape index (κ1) is 12.8. The monoisotopic (exact) mass is 264 g/mol. The molecule has 1 aromatic heterocycles. The van der Waals surface area contributed by atoms with Crippen molar-refractivity contribution in [2.24, 2.45) is 0 Å². The molecular weight excluding hydrogens is 251 g/mol. The Bertz CT molecular complexity index is 513. The van der Waals surface area contributed by atoms with Gasteiger partial charge in [0.05, 0.1) is 11.9 Å². The van der Waals surface area contributed by atoms with Crippen LogP contribution in [0.5, 0.6) is 0 Å². The molecule has 94 valence electrons. The molecule has 0 radical (unpaired) electrons. The molecule has 1 N–H and O–H groups in total. The van der Waals surface area contributed by atoms with Crippen molar-refractivity contribution < 1.29 is 4.39 Å². The van der Waals surface area contributed by atoms with E-state index in [2.05, 4.69) is 10.3 Å². The van der Waals surface area contributed by atoms with Crippen LogP contribution in [0.4, 0.5) is 10.1 Å². The van der Waals surface area contributed by atoms with E-state index in [0.717, 1.165) is 17.7 Å². The van der Waals surface area contributed by atoms with Crippen molar-refractivity contribution in [2.75, 3.05) is 5.32 Å². The maximum atomic E-state index is 13.0. The van der Waals surface area contributed by atoms with E-state index in [1.807, 2.05) is 19.1 Å². The zero-order valence-corrected chi connectivity index (χ0v) is 10.8. The fourth-order valence-electron chi connectivity index (χ4n) is 1.81. The Morgan fingerprint density at radius 3 is 2.83 bits per heavy atom. The second-order valence-electron chi connectivity index (χ2n) is 4.25. The third kappa shape index (κ3) is 3.70. The van der Waals surface area contributed by atoms with Gasteiger partial charge in [0.25, 0.3) is 0 Å². The highest BCUT2D eigenvalue weighted by Crippen LogP contribution is 2.13. The summed E-state index contributed by atoms with van der Waals surface area (Å²) in [6.07, 6.45) is 2.44. The average Bonchev–Trinajstić information content (AvgIpc) is 2.32. The lowest BCUT2D eigenvalue weighted by Crippen LogP contribution is -2.18. The van der Waals surface area contributed by atoms with E-state index < -0.39 is 0 Å². The van der Waals surface area contributed by atoms with Crippen LogP contribution in [0.1, 0.15) is 12.5 Å². The van der Waals surface area contributed by atoms with Crippen molar-refractivity contribution in [1.29, 1.82) is 0 Å². The van der Waals surface area contributed by atoms with Crippen LogP contribution >= 0.6 is 11.6 Å². The average molecular weight is 265 g/mol. The second-order valence-corrected chi connectivity index (χ2v) is 4.64. The molecule has 0 aliphatic rings. The van der Waals surface area contributed by atoms with Gasteiger partial charge < -0.3 is 5.32 Å². The first-order chi connectivity index (χ1) is 8.63. The van der Waals surface area contributed by atoms with E-state index in [0.29, 0.717) is 5.15 Å². The molecule has 0 amide bonds. The highest BCUT2D eigenvalue weighted by atomic mass is 35.5. The Hall–Kier alpha value is -1.61. The standard InChI is InChI=1S/C14H14ClFN2/c1-10(7-11-3-2-4-12(16)8-11)18-13-5-6-14(15)17-9-13/h2-6,8-10,18H,7H2,1H3. The highest BCUT2D eigenvalue weighted by Gasteiger charge is 2.04. The SMILES string of the molecule is CC(Cc1cccc(F)c1)Nc1ccc(Cl)nc1. The molecule has 1 heterocycles. The summed E-state index contributed by atoms with van der Waals surface area (Å²) in [6.45, 7) is 2.04. The molecule has 1 unspecified atom stereocenters.